The summed E-state index contributed by atoms with van der Waals surface area (Å²) in [5.41, 5.74) is 19.5. The van der Waals surface area contributed by atoms with Crippen molar-refractivity contribution in [1.82, 2.24) is 0 Å². The van der Waals surface area contributed by atoms with Crippen molar-refractivity contribution in [1.29, 1.82) is 0 Å². The summed E-state index contributed by atoms with van der Waals surface area (Å²) in [6.07, 6.45) is 0. The first-order valence-electron chi connectivity index (χ1n) is 19.7. The second-order valence-electron chi connectivity index (χ2n) is 15.8. The predicted molar refractivity (Wildman–Crippen MR) is 232 cm³/mol. The van der Waals surface area contributed by atoms with Gasteiger partial charge in [0, 0.05) is 22.4 Å². The molecular weight excluding hydrogens is 675 g/mol. The van der Waals surface area contributed by atoms with Crippen molar-refractivity contribution in [3.05, 3.63) is 245 Å². The van der Waals surface area contributed by atoms with E-state index in [2.05, 4.69) is 218 Å². The molecule has 0 saturated carbocycles. The number of hydrogen-bond acceptors (Lipinski definition) is 1. The summed E-state index contributed by atoms with van der Waals surface area (Å²) in [4.78, 5) is 2.51. The molecule has 1 nitrogen and oxygen atoms in total. The molecule has 1 unspecified atom stereocenters. The number of fused-ring (bicyclic) bond motifs is 14. The monoisotopic (exact) mass is 711 g/mol. The highest BCUT2D eigenvalue weighted by Crippen LogP contribution is 2.60. The highest BCUT2D eigenvalue weighted by atomic mass is 15.1. The Labute approximate surface area is 327 Å². The molecule has 0 N–H and O–H groups in total. The summed E-state index contributed by atoms with van der Waals surface area (Å²) in [7, 11) is 0. The fourth-order valence-electron chi connectivity index (χ4n) is 10.7. The van der Waals surface area contributed by atoms with Gasteiger partial charge in [0.25, 0.3) is 0 Å². The minimum Gasteiger partial charge on any atom is -0.310 e. The highest BCUT2D eigenvalue weighted by Gasteiger charge is 2.48. The van der Waals surface area contributed by atoms with E-state index in [1.807, 2.05) is 0 Å². The van der Waals surface area contributed by atoms with Gasteiger partial charge in [-0.15, -0.1) is 0 Å². The zero-order valence-electron chi connectivity index (χ0n) is 31.1. The van der Waals surface area contributed by atoms with E-state index < -0.39 is 5.41 Å². The van der Waals surface area contributed by atoms with Crippen molar-refractivity contribution in [2.75, 3.05) is 4.90 Å². The van der Waals surface area contributed by atoms with Crippen molar-refractivity contribution in [3.63, 3.8) is 0 Å². The van der Waals surface area contributed by atoms with Crippen molar-refractivity contribution in [2.24, 2.45) is 0 Å². The summed E-state index contributed by atoms with van der Waals surface area (Å²) in [6.45, 7) is 2.42. The molecule has 12 rings (SSSR count). The lowest BCUT2D eigenvalue weighted by Crippen LogP contribution is -2.29. The standard InChI is InChI=1S/C55H37N/c1-54-40-21-14-16-37(33-40)43-22-11-13-26-52(43)56(41-28-31-46(50(54)34-41)45-24-10-12-25-49(45)54)42-29-32-47-48-30-27-36-15-8-9-23-44(36)53(48)55(51(47)35-42,38-17-4-2-5-18-38)39-19-6-3-7-20-39/h2-35H,1H3. The normalized spacial score (nSPS) is 16.5. The lowest BCUT2D eigenvalue weighted by Gasteiger charge is -2.36. The zero-order valence-corrected chi connectivity index (χ0v) is 31.1. The fraction of sp³-hybridized carbons (Fsp3) is 0.0545. The summed E-state index contributed by atoms with van der Waals surface area (Å²) >= 11 is 0. The van der Waals surface area contributed by atoms with Gasteiger partial charge in [0.1, 0.15) is 0 Å². The van der Waals surface area contributed by atoms with Crippen LogP contribution in [0.2, 0.25) is 0 Å². The molecule has 56 heavy (non-hydrogen) atoms. The average Bonchev–Trinajstić information content (AvgIpc) is 3.72. The molecule has 1 atom stereocenters. The third-order valence-corrected chi connectivity index (χ3v) is 13.1. The number of para-hydroxylation sites is 1. The van der Waals surface area contributed by atoms with Gasteiger partial charge in [-0.25, -0.2) is 0 Å². The minimum atomic E-state index is -0.548. The molecule has 262 valence electrons. The second-order valence-corrected chi connectivity index (χ2v) is 15.8. The Morgan fingerprint density at radius 1 is 0.375 bits per heavy atom. The van der Waals surface area contributed by atoms with Gasteiger partial charge < -0.3 is 4.90 Å². The van der Waals surface area contributed by atoms with Gasteiger partial charge in [-0.1, -0.05) is 170 Å². The molecule has 2 aliphatic carbocycles. The maximum Gasteiger partial charge on any atom is 0.0720 e. The Morgan fingerprint density at radius 3 is 1.71 bits per heavy atom. The van der Waals surface area contributed by atoms with Crippen LogP contribution >= 0.6 is 0 Å². The van der Waals surface area contributed by atoms with Crippen LogP contribution < -0.4 is 4.90 Å². The van der Waals surface area contributed by atoms with Crippen LogP contribution in [-0.4, -0.2) is 0 Å². The van der Waals surface area contributed by atoms with E-state index in [0.717, 1.165) is 17.1 Å². The molecule has 0 saturated heterocycles. The van der Waals surface area contributed by atoms with E-state index in [0.29, 0.717) is 0 Å². The number of benzene rings is 9. The molecule has 1 aliphatic heterocycles. The Bertz CT molecular complexity index is 3010. The molecule has 1 heterocycles. The highest BCUT2D eigenvalue weighted by molar-refractivity contribution is 6.01. The van der Waals surface area contributed by atoms with Gasteiger partial charge in [0.15, 0.2) is 0 Å². The Balaban J connectivity index is 1.19. The van der Waals surface area contributed by atoms with E-state index >= 15 is 0 Å². The number of anilines is 3. The summed E-state index contributed by atoms with van der Waals surface area (Å²) in [5, 5.41) is 2.54. The van der Waals surface area contributed by atoms with Crippen LogP contribution in [0.25, 0.3) is 44.2 Å². The molecule has 4 bridgehead atoms. The van der Waals surface area contributed by atoms with Crippen molar-refractivity contribution >= 4 is 27.8 Å². The second kappa shape index (κ2) is 11.5. The Morgan fingerprint density at radius 2 is 0.946 bits per heavy atom. The van der Waals surface area contributed by atoms with Crippen LogP contribution in [0, 0.1) is 0 Å². The van der Waals surface area contributed by atoms with Gasteiger partial charge in [-0.3, -0.25) is 0 Å². The third kappa shape index (κ3) is 4.04. The maximum absolute atomic E-state index is 2.51. The van der Waals surface area contributed by atoms with E-state index in [1.54, 1.807) is 0 Å². The Kier molecular flexibility index (Phi) is 6.46. The van der Waals surface area contributed by atoms with Crippen LogP contribution in [-0.2, 0) is 10.8 Å². The first-order valence-corrected chi connectivity index (χ1v) is 19.7. The van der Waals surface area contributed by atoms with E-state index in [9.17, 15) is 0 Å². The first-order chi connectivity index (χ1) is 27.7. The first kappa shape index (κ1) is 31.4. The SMILES string of the molecule is CC12c3cccc(c3)-c3ccccc3N(c3ccc4c(c3)C(c3ccccc3)(c3ccccc3)c3c-4ccc4ccccc34)c3ccc(c1c3)-c1ccccc12. The van der Waals surface area contributed by atoms with Crippen LogP contribution in [0.5, 0.6) is 0 Å². The Hall–Kier alpha value is -6.96. The van der Waals surface area contributed by atoms with Crippen LogP contribution in [0.15, 0.2) is 206 Å². The minimum absolute atomic E-state index is 0.299. The predicted octanol–water partition coefficient (Wildman–Crippen LogP) is 14.0. The van der Waals surface area contributed by atoms with Gasteiger partial charge >= 0.3 is 0 Å². The van der Waals surface area contributed by atoms with Crippen LogP contribution in [0.4, 0.5) is 17.1 Å². The molecule has 0 aromatic heterocycles. The molecular formula is C55H37N. The summed E-state index contributed by atoms with van der Waals surface area (Å²) in [6, 6.07) is 77.5. The number of nitrogens with zero attached hydrogens (tertiary/aromatic N) is 1. The van der Waals surface area contributed by atoms with E-state index in [4.69, 9.17) is 0 Å². The topological polar surface area (TPSA) is 3.24 Å². The van der Waals surface area contributed by atoms with Gasteiger partial charge in [-0.05, 0) is 121 Å². The number of rotatable bonds is 3. The average molecular weight is 712 g/mol. The largest absolute Gasteiger partial charge is 0.310 e. The lowest BCUT2D eigenvalue weighted by molar-refractivity contribution is 0.714. The van der Waals surface area contributed by atoms with Crippen molar-refractivity contribution in [3.8, 4) is 33.4 Å². The van der Waals surface area contributed by atoms with Gasteiger partial charge in [0.2, 0.25) is 0 Å². The molecule has 9 aromatic rings. The fourth-order valence-corrected chi connectivity index (χ4v) is 10.7. The molecule has 9 aromatic carbocycles. The zero-order chi connectivity index (χ0) is 37.0. The molecule has 0 radical (unpaired) electrons. The molecule has 1 heteroatoms. The van der Waals surface area contributed by atoms with Crippen molar-refractivity contribution < 1.29 is 0 Å². The van der Waals surface area contributed by atoms with Crippen molar-refractivity contribution in [2.45, 2.75) is 17.8 Å². The molecule has 3 aliphatic rings. The summed E-state index contributed by atoms with van der Waals surface area (Å²) in [5.74, 6) is 0. The number of hydrogen-bond donors (Lipinski definition) is 0. The summed E-state index contributed by atoms with van der Waals surface area (Å²) < 4.78 is 0. The molecule has 0 amide bonds. The van der Waals surface area contributed by atoms with E-state index in [-0.39, 0.29) is 5.41 Å². The van der Waals surface area contributed by atoms with Gasteiger partial charge in [0.05, 0.1) is 11.1 Å². The van der Waals surface area contributed by atoms with Gasteiger partial charge in [-0.2, -0.15) is 0 Å². The van der Waals surface area contributed by atoms with Crippen LogP contribution in [0.3, 0.4) is 0 Å². The maximum atomic E-state index is 2.51. The smallest absolute Gasteiger partial charge is 0.0720 e. The molecule has 0 fully saturated rings. The van der Waals surface area contributed by atoms with Crippen LogP contribution in [0.1, 0.15) is 45.9 Å². The lowest BCUT2D eigenvalue weighted by atomic mass is 9.66. The molecule has 0 spiro atoms. The third-order valence-electron chi connectivity index (χ3n) is 13.1. The van der Waals surface area contributed by atoms with E-state index in [1.165, 1.54) is 83.1 Å². The quantitative estimate of drug-likeness (QED) is 0.176.